The number of hydrogen-bond donors (Lipinski definition) is 1. The minimum Gasteiger partial charge on any atom is -0.497 e. The van der Waals surface area contributed by atoms with Gasteiger partial charge in [-0.15, -0.1) is 5.16 Å². The van der Waals surface area contributed by atoms with Gasteiger partial charge in [0.15, 0.2) is 0 Å². The number of benzene rings is 2. The molecule has 3 aromatic rings. The Morgan fingerprint density at radius 1 is 1.16 bits per heavy atom. The van der Waals surface area contributed by atoms with E-state index in [1.165, 1.54) is 6.21 Å². The summed E-state index contributed by atoms with van der Waals surface area (Å²) in [7, 11) is 1.64. The molecule has 128 valence electrons. The van der Waals surface area contributed by atoms with Crippen molar-refractivity contribution < 1.29 is 9.94 Å². The highest BCUT2D eigenvalue weighted by atomic mass is 35.5. The van der Waals surface area contributed by atoms with Crippen LogP contribution in [0.25, 0.3) is 16.9 Å². The van der Waals surface area contributed by atoms with E-state index in [0.29, 0.717) is 17.9 Å². The van der Waals surface area contributed by atoms with Gasteiger partial charge >= 0.3 is 0 Å². The third-order valence-electron chi connectivity index (χ3n) is 3.83. The Labute approximate surface area is 151 Å². The Balaban J connectivity index is 2.02. The molecule has 0 aliphatic heterocycles. The lowest BCUT2D eigenvalue weighted by atomic mass is 10.1. The summed E-state index contributed by atoms with van der Waals surface area (Å²) in [6.45, 7) is 0. The summed E-state index contributed by atoms with van der Waals surface area (Å²) in [5.41, 5.74) is 3.85. The molecule has 5 nitrogen and oxygen atoms in total. The highest BCUT2D eigenvalue weighted by Gasteiger charge is 2.12. The molecular weight excluding hydrogens is 338 g/mol. The predicted octanol–water partition coefficient (Wildman–Crippen LogP) is 4.59. The summed E-state index contributed by atoms with van der Waals surface area (Å²) in [6, 6.07) is 17.4. The number of ether oxygens (including phenoxy) is 1. The maximum Gasteiger partial charge on any atom is 0.119 e. The maximum atomic E-state index is 8.55. The third-order valence-corrected chi connectivity index (χ3v) is 4.08. The van der Waals surface area contributed by atoms with Crippen molar-refractivity contribution in [2.75, 3.05) is 7.11 Å². The molecule has 2 aromatic carbocycles. The minimum atomic E-state index is 0.621. The molecule has 0 bridgehead atoms. The van der Waals surface area contributed by atoms with Crippen LogP contribution in [0.3, 0.4) is 0 Å². The second-order valence-corrected chi connectivity index (χ2v) is 5.91. The lowest BCUT2D eigenvalue weighted by Crippen LogP contribution is -2.00. The van der Waals surface area contributed by atoms with Crippen molar-refractivity contribution in [3.63, 3.8) is 0 Å². The number of aromatic nitrogens is 2. The van der Waals surface area contributed by atoms with Gasteiger partial charge in [0.1, 0.15) is 5.75 Å². The van der Waals surface area contributed by atoms with Crippen molar-refractivity contribution >= 4 is 17.8 Å². The van der Waals surface area contributed by atoms with Crippen LogP contribution in [0, 0.1) is 0 Å². The van der Waals surface area contributed by atoms with Gasteiger partial charge in [-0.05, 0) is 55.3 Å². The van der Waals surface area contributed by atoms with Crippen LogP contribution >= 0.6 is 11.6 Å². The van der Waals surface area contributed by atoms with E-state index in [4.69, 9.17) is 26.6 Å². The highest BCUT2D eigenvalue weighted by Crippen LogP contribution is 2.26. The molecule has 6 heteroatoms. The number of hydrogen-bond acceptors (Lipinski definition) is 4. The van der Waals surface area contributed by atoms with Crippen molar-refractivity contribution in [2.24, 2.45) is 5.16 Å². The molecule has 1 heterocycles. The van der Waals surface area contributed by atoms with Gasteiger partial charge in [0.05, 0.1) is 24.2 Å². The first-order valence-electron chi connectivity index (χ1n) is 7.86. The summed E-state index contributed by atoms with van der Waals surface area (Å²) in [6.07, 6.45) is 2.78. The summed E-state index contributed by atoms with van der Waals surface area (Å²) in [5, 5.41) is 17.0. The smallest absolute Gasteiger partial charge is 0.119 e. The molecule has 0 aliphatic rings. The Kier molecular flexibility index (Phi) is 5.36. The molecular formula is C19H18ClN3O2. The molecule has 0 unspecified atom stereocenters. The number of aryl methyl sites for hydroxylation is 1. The van der Waals surface area contributed by atoms with E-state index in [0.717, 1.165) is 28.4 Å². The van der Waals surface area contributed by atoms with Crippen molar-refractivity contribution in [1.29, 1.82) is 0 Å². The minimum absolute atomic E-state index is 0.621. The van der Waals surface area contributed by atoms with Crippen LogP contribution in [0.1, 0.15) is 12.1 Å². The standard InChI is InChI=1S/C19H18ClN3O2/c1-25-18-10-8-17(9-11-18)23-19(14-4-6-15(20)7-5-14)13-16(22-23)3-2-12-21-24/h4-13,24H,2-3H2,1H3. The number of halogens is 1. The van der Waals surface area contributed by atoms with Gasteiger partial charge in [-0.3, -0.25) is 0 Å². The fourth-order valence-electron chi connectivity index (χ4n) is 2.57. The summed E-state index contributed by atoms with van der Waals surface area (Å²) < 4.78 is 7.12. The van der Waals surface area contributed by atoms with Crippen molar-refractivity contribution in [3.8, 4) is 22.7 Å². The summed E-state index contributed by atoms with van der Waals surface area (Å²) in [5.74, 6) is 0.795. The lowest BCUT2D eigenvalue weighted by Gasteiger charge is -2.08. The number of methoxy groups -OCH3 is 1. The van der Waals surface area contributed by atoms with E-state index >= 15 is 0 Å². The largest absolute Gasteiger partial charge is 0.497 e. The van der Waals surface area contributed by atoms with Crippen molar-refractivity contribution in [1.82, 2.24) is 9.78 Å². The van der Waals surface area contributed by atoms with E-state index in [1.807, 2.05) is 59.3 Å². The first kappa shape index (κ1) is 17.0. The zero-order valence-corrected chi connectivity index (χ0v) is 14.5. The Morgan fingerprint density at radius 3 is 2.52 bits per heavy atom. The number of nitrogens with zero attached hydrogens (tertiary/aromatic N) is 3. The summed E-state index contributed by atoms with van der Waals surface area (Å²) in [4.78, 5) is 0. The molecule has 0 radical (unpaired) electrons. The Bertz CT molecular complexity index is 855. The molecule has 0 aliphatic carbocycles. The zero-order valence-electron chi connectivity index (χ0n) is 13.8. The van der Waals surface area contributed by atoms with Crippen molar-refractivity contribution in [3.05, 3.63) is 65.3 Å². The first-order chi connectivity index (χ1) is 12.2. The van der Waals surface area contributed by atoms with E-state index in [9.17, 15) is 0 Å². The normalized spacial score (nSPS) is 11.1. The molecule has 0 spiro atoms. The van der Waals surface area contributed by atoms with Crippen LogP contribution in [0.2, 0.25) is 5.02 Å². The van der Waals surface area contributed by atoms with E-state index in [1.54, 1.807) is 7.11 Å². The Morgan fingerprint density at radius 2 is 1.88 bits per heavy atom. The van der Waals surface area contributed by atoms with Crippen LogP contribution in [-0.2, 0) is 6.42 Å². The highest BCUT2D eigenvalue weighted by molar-refractivity contribution is 6.30. The molecule has 25 heavy (non-hydrogen) atoms. The third kappa shape index (κ3) is 4.00. The molecule has 0 saturated heterocycles. The average molecular weight is 356 g/mol. The Hall–Kier alpha value is -2.79. The second kappa shape index (κ2) is 7.85. The fraction of sp³-hybridized carbons (Fsp3) is 0.158. The van der Waals surface area contributed by atoms with Gasteiger partial charge in [-0.2, -0.15) is 5.10 Å². The summed E-state index contributed by atoms with van der Waals surface area (Å²) >= 11 is 6.00. The maximum absolute atomic E-state index is 8.55. The van der Waals surface area contributed by atoms with Crippen LogP contribution in [0.5, 0.6) is 5.75 Å². The van der Waals surface area contributed by atoms with Crippen molar-refractivity contribution in [2.45, 2.75) is 12.8 Å². The lowest BCUT2D eigenvalue weighted by molar-refractivity contribution is 0.320. The molecule has 1 N–H and O–H groups in total. The van der Waals surface area contributed by atoms with Gasteiger partial charge in [0.2, 0.25) is 0 Å². The van der Waals surface area contributed by atoms with E-state index in [-0.39, 0.29) is 0 Å². The quantitative estimate of drug-likeness (QED) is 0.399. The van der Waals surface area contributed by atoms with Crippen LogP contribution in [0.15, 0.2) is 59.8 Å². The van der Waals surface area contributed by atoms with Gasteiger partial charge < -0.3 is 9.94 Å². The van der Waals surface area contributed by atoms with Gasteiger partial charge in [-0.25, -0.2) is 4.68 Å². The second-order valence-electron chi connectivity index (χ2n) is 5.47. The van der Waals surface area contributed by atoms with Gasteiger partial charge in [0.25, 0.3) is 0 Å². The molecule has 0 amide bonds. The topological polar surface area (TPSA) is 59.6 Å². The van der Waals surface area contributed by atoms with Crippen LogP contribution < -0.4 is 4.74 Å². The molecule has 3 rings (SSSR count). The number of oxime groups is 1. The number of rotatable bonds is 6. The molecule has 1 aromatic heterocycles. The fourth-order valence-corrected chi connectivity index (χ4v) is 2.69. The van der Waals surface area contributed by atoms with E-state index in [2.05, 4.69) is 5.16 Å². The van der Waals surface area contributed by atoms with Crippen LogP contribution in [-0.4, -0.2) is 28.3 Å². The first-order valence-corrected chi connectivity index (χ1v) is 8.24. The van der Waals surface area contributed by atoms with E-state index < -0.39 is 0 Å². The predicted molar refractivity (Wildman–Crippen MR) is 99.2 cm³/mol. The monoisotopic (exact) mass is 355 g/mol. The molecule has 0 fully saturated rings. The zero-order chi connectivity index (χ0) is 17.6. The van der Waals surface area contributed by atoms with Gasteiger partial charge in [0, 0.05) is 16.8 Å². The SMILES string of the molecule is COc1ccc(-n2nc(CCC=NO)cc2-c2ccc(Cl)cc2)cc1. The van der Waals surface area contributed by atoms with Gasteiger partial charge in [-0.1, -0.05) is 23.7 Å². The molecule has 0 saturated carbocycles. The molecule has 0 atom stereocenters. The van der Waals surface area contributed by atoms with Crippen LogP contribution in [0.4, 0.5) is 0 Å². The average Bonchev–Trinajstić information content (AvgIpc) is 3.07.